The van der Waals surface area contributed by atoms with E-state index in [4.69, 9.17) is 0 Å². The lowest BCUT2D eigenvalue weighted by Gasteiger charge is -2.13. The van der Waals surface area contributed by atoms with Crippen LogP contribution >= 0.6 is 11.3 Å². The van der Waals surface area contributed by atoms with E-state index in [2.05, 4.69) is 29.1 Å². The van der Waals surface area contributed by atoms with Gasteiger partial charge in [0.1, 0.15) is 5.82 Å². The highest BCUT2D eigenvalue weighted by molar-refractivity contribution is 7.07. The highest BCUT2D eigenvalue weighted by atomic mass is 32.1. The fourth-order valence-electron chi connectivity index (χ4n) is 1.73. The normalized spacial score (nSPS) is 12.6. The third kappa shape index (κ3) is 3.95. The minimum atomic E-state index is -0.173. The fraction of sp³-hybridized carbons (Fsp3) is 0.286. The van der Waals surface area contributed by atoms with Crippen molar-refractivity contribution in [2.45, 2.75) is 25.9 Å². The molecule has 0 bridgehead atoms. The maximum absolute atomic E-state index is 12.7. The van der Waals surface area contributed by atoms with Crippen LogP contribution in [0.25, 0.3) is 0 Å². The number of nitrogens with one attached hydrogen (secondary N) is 1. The van der Waals surface area contributed by atoms with Gasteiger partial charge in [-0.15, -0.1) is 0 Å². The molecular formula is C14H16FNS. The molecule has 90 valence electrons. The third-order valence-corrected chi connectivity index (χ3v) is 3.42. The van der Waals surface area contributed by atoms with E-state index in [1.165, 1.54) is 17.7 Å². The molecule has 0 saturated carbocycles. The van der Waals surface area contributed by atoms with Gasteiger partial charge >= 0.3 is 0 Å². The molecule has 1 unspecified atom stereocenters. The predicted octanol–water partition coefficient (Wildman–Crippen LogP) is 3.61. The molecule has 0 saturated heterocycles. The van der Waals surface area contributed by atoms with Crippen molar-refractivity contribution >= 4 is 11.3 Å². The molecule has 1 aromatic heterocycles. The molecule has 0 spiro atoms. The SMILES string of the molecule is CC(Cc1ccc(F)cc1)NCc1ccsc1. The molecule has 17 heavy (non-hydrogen) atoms. The quantitative estimate of drug-likeness (QED) is 0.853. The van der Waals surface area contributed by atoms with E-state index in [-0.39, 0.29) is 5.82 Å². The zero-order valence-electron chi connectivity index (χ0n) is 9.82. The standard InChI is InChI=1S/C14H16FNS/c1-11(16-9-13-6-7-17-10-13)8-12-2-4-14(15)5-3-12/h2-7,10-11,16H,8-9H2,1H3. The zero-order chi connectivity index (χ0) is 12.1. The number of benzene rings is 1. The minimum absolute atomic E-state index is 0.173. The van der Waals surface area contributed by atoms with Gasteiger partial charge in [0.15, 0.2) is 0 Å². The van der Waals surface area contributed by atoms with Crippen LogP contribution in [-0.2, 0) is 13.0 Å². The van der Waals surface area contributed by atoms with Crippen LogP contribution in [0.4, 0.5) is 4.39 Å². The van der Waals surface area contributed by atoms with Gasteiger partial charge in [0.2, 0.25) is 0 Å². The second-order valence-corrected chi connectivity index (χ2v) is 5.02. The summed E-state index contributed by atoms with van der Waals surface area (Å²) in [6, 6.07) is 9.24. The smallest absolute Gasteiger partial charge is 0.123 e. The molecule has 1 aromatic carbocycles. The van der Waals surface area contributed by atoms with Gasteiger partial charge in [0.25, 0.3) is 0 Å². The third-order valence-electron chi connectivity index (χ3n) is 2.69. The Balaban J connectivity index is 1.80. The van der Waals surface area contributed by atoms with E-state index in [1.54, 1.807) is 11.3 Å². The van der Waals surface area contributed by atoms with Gasteiger partial charge in [-0.1, -0.05) is 12.1 Å². The molecule has 2 rings (SSSR count). The summed E-state index contributed by atoms with van der Waals surface area (Å²) in [5.74, 6) is -0.173. The van der Waals surface area contributed by atoms with Crippen molar-refractivity contribution in [3.05, 3.63) is 58.0 Å². The molecule has 3 heteroatoms. The van der Waals surface area contributed by atoms with Gasteiger partial charge in [0.05, 0.1) is 0 Å². The van der Waals surface area contributed by atoms with Crippen LogP contribution in [0.1, 0.15) is 18.1 Å². The van der Waals surface area contributed by atoms with Crippen LogP contribution in [0.3, 0.4) is 0 Å². The first-order valence-electron chi connectivity index (χ1n) is 5.73. The van der Waals surface area contributed by atoms with Gasteiger partial charge in [0, 0.05) is 12.6 Å². The highest BCUT2D eigenvalue weighted by Gasteiger charge is 2.03. The maximum atomic E-state index is 12.7. The summed E-state index contributed by atoms with van der Waals surface area (Å²) in [4.78, 5) is 0. The number of thiophene rings is 1. The van der Waals surface area contributed by atoms with E-state index >= 15 is 0 Å². The Labute approximate surface area is 105 Å². The molecule has 0 aliphatic carbocycles. The van der Waals surface area contributed by atoms with Crippen molar-refractivity contribution in [2.24, 2.45) is 0 Å². The molecule has 1 nitrogen and oxygen atoms in total. The van der Waals surface area contributed by atoms with Gasteiger partial charge in [-0.05, 0) is 53.4 Å². The van der Waals surface area contributed by atoms with Gasteiger partial charge in [-0.3, -0.25) is 0 Å². The summed E-state index contributed by atoms with van der Waals surface area (Å²) in [5, 5.41) is 7.70. The molecular weight excluding hydrogens is 233 g/mol. The fourth-order valence-corrected chi connectivity index (χ4v) is 2.40. The lowest BCUT2D eigenvalue weighted by molar-refractivity contribution is 0.545. The molecule has 0 amide bonds. The van der Waals surface area contributed by atoms with Crippen molar-refractivity contribution in [3.63, 3.8) is 0 Å². The Hall–Kier alpha value is -1.19. The van der Waals surface area contributed by atoms with Gasteiger partial charge in [-0.25, -0.2) is 4.39 Å². The maximum Gasteiger partial charge on any atom is 0.123 e. The van der Waals surface area contributed by atoms with Crippen LogP contribution in [0.5, 0.6) is 0 Å². The Morgan fingerprint density at radius 1 is 1.18 bits per heavy atom. The molecule has 1 heterocycles. The monoisotopic (exact) mass is 249 g/mol. The molecule has 0 radical (unpaired) electrons. The van der Waals surface area contributed by atoms with Crippen LogP contribution in [0.15, 0.2) is 41.1 Å². The van der Waals surface area contributed by atoms with Crippen LogP contribution < -0.4 is 5.32 Å². The Kier molecular flexibility index (Phi) is 4.29. The van der Waals surface area contributed by atoms with Gasteiger partial charge < -0.3 is 5.32 Å². The second kappa shape index (κ2) is 5.94. The number of hydrogen-bond donors (Lipinski definition) is 1. The lowest BCUT2D eigenvalue weighted by atomic mass is 10.1. The Morgan fingerprint density at radius 3 is 2.59 bits per heavy atom. The van der Waals surface area contributed by atoms with Crippen molar-refractivity contribution in [1.29, 1.82) is 0 Å². The second-order valence-electron chi connectivity index (χ2n) is 4.24. The van der Waals surface area contributed by atoms with E-state index in [0.29, 0.717) is 6.04 Å². The number of hydrogen-bond acceptors (Lipinski definition) is 2. The Bertz CT molecular complexity index is 436. The average molecular weight is 249 g/mol. The molecule has 1 N–H and O–H groups in total. The summed E-state index contributed by atoms with van der Waals surface area (Å²) in [6.45, 7) is 3.04. The topological polar surface area (TPSA) is 12.0 Å². The van der Waals surface area contributed by atoms with E-state index < -0.39 is 0 Å². The minimum Gasteiger partial charge on any atom is -0.310 e. The van der Waals surface area contributed by atoms with Crippen molar-refractivity contribution < 1.29 is 4.39 Å². The summed E-state index contributed by atoms with van der Waals surface area (Å²) in [6.07, 6.45) is 0.921. The summed E-state index contributed by atoms with van der Waals surface area (Å²) in [7, 11) is 0. The van der Waals surface area contributed by atoms with Crippen molar-refractivity contribution in [2.75, 3.05) is 0 Å². The van der Waals surface area contributed by atoms with E-state index in [9.17, 15) is 4.39 Å². The molecule has 0 fully saturated rings. The number of rotatable bonds is 5. The summed E-state index contributed by atoms with van der Waals surface area (Å²) in [5.41, 5.74) is 2.48. The molecule has 0 aliphatic heterocycles. The van der Waals surface area contributed by atoms with Crippen LogP contribution in [0, 0.1) is 5.82 Å². The predicted molar refractivity (Wildman–Crippen MR) is 70.7 cm³/mol. The Morgan fingerprint density at radius 2 is 1.94 bits per heavy atom. The summed E-state index contributed by atoms with van der Waals surface area (Å²) < 4.78 is 12.7. The van der Waals surface area contributed by atoms with Crippen molar-refractivity contribution in [3.8, 4) is 0 Å². The number of halogens is 1. The van der Waals surface area contributed by atoms with E-state index in [0.717, 1.165) is 18.5 Å². The largest absolute Gasteiger partial charge is 0.310 e. The van der Waals surface area contributed by atoms with Gasteiger partial charge in [-0.2, -0.15) is 11.3 Å². The first kappa shape index (κ1) is 12.3. The molecule has 0 aliphatic rings. The first-order chi connectivity index (χ1) is 8.24. The average Bonchev–Trinajstić information content (AvgIpc) is 2.83. The molecule has 2 aromatic rings. The van der Waals surface area contributed by atoms with Crippen molar-refractivity contribution in [1.82, 2.24) is 5.32 Å². The van der Waals surface area contributed by atoms with E-state index in [1.807, 2.05) is 12.1 Å². The summed E-state index contributed by atoms with van der Waals surface area (Å²) >= 11 is 1.72. The lowest BCUT2D eigenvalue weighted by Crippen LogP contribution is -2.27. The zero-order valence-corrected chi connectivity index (χ0v) is 10.6. The highest BCUT2D eigenvalue weighted by Crippen LogP contribution is 2.08. The van der Waals surface area contributed by atoms with Crippen LogP contribution in [0.2, 0.25) is 0 Å². The molecule has 1 atom stereocenters. The van der Waals surface area contributed by atoms with Crippen LogP contribution in [-0.4, -0.2) is 6.04 Å². The first-order valence-corrected chi connectivity index (χ1v) is 6.67.